The van der Waals surface area contributed by atoms with Gasteiger partial charge < -0.3 is 14.6 Å². The molecule has 1 N–H and O–H groups in total. The number of aromatic carboxylic acids is 1. The van der Waals surface area contributed by atoms with Gasteiger partial charge in [-0.1, -0.05) is 58.9 Å². The maximum Gasteiger partial charge on any atom is 0.339 e. The van der Waals surface area contributed by atoms with Crippen molar-refractivity contribution < 1.29 is 29.0 Å². The Kier molecular flexibility index (Phi) is 8.12. The number of ether oxygens (including phenoxy) is 2. The number of fused-ring (bicyclic) bond motifs is 7. The summed E-state index contributed by atoms with van der Waals surface area (Å²) >= 11 is 0. The molecule has 252 valence electrons. The highest BCUT2D eigenvalue weighted by Crippen LogP contribution is 2.77. The van der Waals surface area contributed by atoms with Crippen LogP contribution in [0.15, 0.2) is 36.4 Å². The number of rotatable bonds is 6. The summed E-state index contributed by atoms with van der Waals surface area (Å²) in [5.41, 5.74) is 1.75. The van der Waals surface area contributed by atoms with Gasteiger partial charge in [0.2, 0.25) is 0 Å². The first-order valence-corrected chi connectivity index (χ1v) is 17.8. The number of hydrogen-bond donors (Lipinski definition) is 1. The Labute approximate surface area is 276 Å². The third-order valence-corrected chi connectivity index (χ3v) is 15.4. The van der Waals surface area contributed by atoms with E-state index < -0.39 is 11.9 Å². The summed E-state index contributed by atoms with van der Waals surface area (Å²) < 4.78 is 12.0. The number of allylic oxidation sites excluding steroid dienone is 1. The molecule has 0 bridgehead atoms. The van der Waals surface area contributed by atoms with E-state index >= 15 is 0 Å². The number of carboxylic acid groups (broad SMARTS) is 1. The minimum absolute atomic E-state index is 0.00935. The third kappa shape index (κ3) is 4.73. The van der Waals surface area contributed by atoms with Crippen molar-refractivity contribution in [2.75, 3.05) is 6.61 Å². The second-order valence-corrected chi connectivity index (χ2v) is 17.4. The molecule has 5 aliphatic rings. The highest BCUT2D eigenvalue weighted by molar-refractivity contribution is 6.02. The maximum absolute atomic E-state index is 13.4. The maximum atomic E-state index is 13.4. The van der Waals surface area contributed by atoms with Gasteiger partial charge in [0.25, 0.3) is 0 Å². The lowest BCUT2D eigenvalue weighted by atomic mass is 9.32. The van der Waals surface area contributed by atoms with Crippen LogP contribution in [0.25, 0.3) is 0 Å². The fourth-order valence-corrected chi connectivity index (χ4v) is 13.0. The van der Waals surface area contributed by atoms with Crippen LogP contribution in [-0.4, -0.2) is 35.7 Å². The summed E-state index contributed by atoms with van der Waals surface area (Å²) in [5.74, 6) is 0.747. The molecular formula is C40H56O6. The van der Waals surface area contributed by atoms with Gasteiger partial charge in [0.15, 0.2) is 0 Å². The van der Waals surface area contributed by atoms with Crippen LogP contribution in [-0.2, 0) is 14.3 Å². The van der Waals surface area contributed by atoms with Crippen molar-refractivity contribution in [3.63, 3.8) is 0 Å². The Balaban J connectivity index is 1.27. The van der Waals surface area contributed by atoms with Gasteiger partial charge in [0.1, 0.15) is 6.10 Å². The molecule has 0 radical (unpaired) electrons. The zero-order valence-electron chi connectivity index (χ0n) is 29.2. The molecule has 1 unspecified atom stereocenters. The summed E-state index contributed by atoms with van der Waals surface area (Å²) in [5, 5.41) is 9.67. The fourth-order valence-electron chi connectivity index (χ4n) is 13.0. The van der Waals surface area contributed by atoms with Crippen molar-refractivity contribution in [3.05, 3.63) is 47.5 Å². The van der Waals surface area contributed by atoms with Gasteiger partial charge in [0.05, 0.1) is 17.7 Å². The molecule has 6 heteroatoms. The van der Waals surface area contributed by atoms with Crippen LogP contribution in [0.4, 0.5) is 0 Å². The number of esters is 2. The zero-order valence-corrected chi connectivity index (χ0v) is 29.2. The van der Waals surface area contributed by atoms with E-state index in [1.807, 2.05) is 0 Å². The molecule has 5 saturated carbocycles. The van der Waals surface area contributed by atoms with Crippen LogP contribution in [0.1, 0.15) is 133 Å². The van der Waals surface area contributed by atoms with Crippen molar-refractivity contribution >= 4 is 17.9 Å². The SMILES string of the molecule is C=C(C)[C@H]1CC[C@@]2(COC(C)=O)CC[C@]3(C)C(CC[C@H]4[C@]5(C)CC[C@H](OC(=O)c6ccccc6C(=O)O)C(C)(C)[C@@H]5CC[C@]43C)[C@@H]12. The van der Waals surface area contributed by atoms with Gasteiger partial charge in [-0.05, 0) is 129 Å². The normalized spacial score (nSPS) is 42.4. The van der Waals surface area contributed by atoms with Crippen LogP contribution in [0.3, 0.4) is 0 Å². The zero-order chi connectivity index (χ0) is 33.4. The molecule has 6 nitrogen and oxygen atoms in total. The number of carbonyl (C=O) groups excluding carboxylic acids is 2. The van der Waals surface area contributed by atoms with Crippen molar-refractivity contribution in [2.45, 2.75) is 119 Å². The lowest BCUT2D eigenvalue weighted by Crippen LogP contribution is -2.67. The molecule has 0 aliphatic heterocycles. The first-order chi connectivity index (χ1) is 21.5. The Morgan fingerprint density at radius 1 is 0.826 bits per heavy atom. The Morgan fingerprint density at radius 2 is 1.52 bits per heavy atom. The van der Waals surface area contributed by atoms with Crippen LogP contribution in [0, 0.1) is 56.7 Å². The summed E-state index contributed by atoms with van der Waals surface area (Å²) in [6.07, 6.45) is 10.8. The van der Waals surface area contributed by atoms with Gasteiger partial charge in [-0.25, -0.2) is 9.59 Å². The number of benzene rings is 1. The average molecular weight is 633 g/mol. The van der Waals surface area contributed by atoms with Crippen LogP contribution >= 0.6 is 0 Å². The molecule has 6 rings (SSSR count). The second kappa shape index (κ2) is 11.2. The van der Waals surface area contributed by atoms with Gasteiger partial charge in [-0.15, -0.1) is 0 Å². The molecule has 0 heterocycles. The lowest BCUT2D eigenvalue weighted by molar-refractivity contribution is -0.249. The average Bonchev–Trinajstić information content (AvgIpc) is 3.38. The number of hydrogen-bond acceptors (Lipinski definition) is 5. The van der Waals surface area contributed by atoms with E-state index in [2.05, 4.69) is 48.1 Å². The third-order valence-electron chi connectivity index (χ3n) is 15.4. The molecule has 5 fully saturated rings. The van der Waals surface area contributed by atoms with E-state index in [-0.39, 0.29) is 50.3 Å². The minimum Gasteiger partial charge on any atom is -0.478 e. The first kappa shape index (κ1) is 33.3. The largest absolute Gasteiger partial charge is 0.478 e. The Morgan fingerprint density at radius 3 is 2.17 bits per heavy atom. The van der Waals surface area contributed by atoms with Gasteiger partial charge >= 0.3 is 17.9 Å². The minimum atomic E-state index is -1.11. The van der Waals surface area contributed by atoms with Crippen LogP contribution < -0.4 is 0 Å². The Hall–Kier alpha value is -2.63. The van der Waals surface area contributed by atoms with E-state index in [4.69, 9.17) is 9.47 Å². The molecule has 1 aromatic rings. The predicted molar refractivity (Wildman–Crippen MR) is 178 cm³/mol. The predicted octanol–water partition coefficient (Wildman–Crippen LogP) is 9.13. The summed E-state index contributed by atoms with van der Waals surface area (Å²) in [6, 6.07) is 6.37. The lowest BCUT2D eigenvalue weighted by Gasteiger charge is -2.73. The molecule has 0 aromatic heterocycles. The van der Waals surface area contributed by atoms with Crippen molar-refractivity contribution in [1.29, 1.82) is 0 Å². The van der Waals surface area contributed by atoms with Crippen molar-refractivity contribution in [2.24, 2.45) is 56.7 Å². The van der Waals surface area contributed by atoms with Crippen molar-refractivity contribution in [1.82, 2.24) is 0 Å². The van der Waals surface area contributed by atoms with Crippen LogP contribution in [0.2, 0.25) is 0 Å². The highest BCUT2D eigenvalue weighted by Gasteiger charge is 2.71. The summed E-state index contributed by atoms with van der Waals surface area (Å²) in [7, 11) is 0. The molecule has 46 heavy (non-hydrogen) atoms. The van der Waals surface area contributed by atoms with E-state index in [0.29, 0.717) is 36.2 Å². The number of carbonyl (C=O) groups is 3. The number of carboxylic acids is 1. The van der Waals surface area contributed by atoms with E-state index in [1.54, 1.807) is 25.1 Å². The Bertz CT molecular complexity index is 1430. The van der Waals surface area contributed by atoms with Gasteiger partial charge in [0, 0.05) is 17.8 Å². The summed E-state index contributed by atoms with van der Waals surface area (Å²) in [6.45, 7) is 21.1. The first-order valence-electron chi connectivity index (χ1n) is 17.8. The smallest absolute Gasteiger partial charge is 0.339 e. The second-order valence-electron chi connectivity index (χ2n) is 17.4. The standard InChI is InChI=1S/C40H56O6/c1-24(2)26-15-20-40(23-45-25(3)41)22-21-38(7)29(33(26)40)13-14-31-37(6)18-17-32(36(4,5)30(37)16-19-39(31,38)8)46-35(44)28-12-10-9-11-27(28)34(42)43/h9-12,26,29-33H,1,13-23H2,2-8H3,(H,42,43)/t26-,29?,30+,31+,32+,33-,37-,38-,39-,40+/m1/s1. The summed E-state index contributed by atoms with van der Waals surface area (Å²) in [4.78, 5) is 37.2. The van der Waals surface area contributed by atoms with E-state index in [9.17, 15) is 19.5 Å². The molecule has 10 atom stereocenters. The molecule has 0 amide bonds. The highest BCUT2D eigenvalue weighted by atomic mass is 16.5. The molecule has 0 spiro atoms. The van der Waals surface area contributed by atoms with Gasteiger partial charge in [-0.3, -0.25) is 4.79 Å². The van der Waals surface area contributed by atoms with Crippen molar-refractivity contribution in [3.8, 4) is 0 Å². The molecule has 1 aromatic carbocycles. The van der Waals surface area contributed by atoms with Gasteiger partial charge in [-0.2, -0.15) is 0 Å². The van der Waals surface area contributed by atoms with Crippen LogP contribution in [0.5, 0.6) is 0 Å². The van der Waals surface area contributed by atoms with E-state index in [1.165, 1.54) is 30.9 Å². The molecular weight excluding hydrogens is 576 g/mol. The quantitative estimate of drug-likeness (QED) is 0.249. The topological polar surface area (TPSA) is 89.9 Å². The molecule has 5 aliphatic carbocycles. The van der Waals surface area contributed by atoms with E-state index in [0.717, 1.165) is 44.9 Å². The monoisotopic (exact) mass is 632 g/mol. The molecule has 0 saturated heterocycles. The fraction of sp³-hybridized carbons (Fsp3) is 0.725.